The molecule has 0 spiro atoms. The van der Waals surface area contributed by atoms with Gasteiger partial charge in [-0.2, -0.15) is 21.4 Å². The normalized spacial score (nSPS) is 18.5. The predicted octanol–water partition coefficient (Wildman–Crippen LogP) is 3.49. The molecular formula is C17H21N5OS. The number of hydrogen-bond donors (Lipinski definition) is 0. The summed E-state index contributed by atoms with van der Waals surface area (Å²) >= 11 is 1.64. The molecule has 3 aromatic rings. The van der Waals surface area contributed by atoms with Crippen molar-refractivity contribution in [1.82, 2.24) is 24.8 Å². The molecule has 1 atom stereocenters. The van der Waals surface area contributed by atoms with Gasteiger partial charge in [0.25, 0.3) is 0 Å². The highest BCUT2D eigenvalue weighted by Gasteiger charge is 2.31. The third-order valence-electron chi connectivity index (χ3n) is 4.85. The Labute approximate surface area is 145 Å². The van der Waals surface area contributed by atoms with Gasteiger partial charge in [0, 0.05) is 35.3 Å². The van der Waals surface area contributed by atoms with Crippen LogP contribution in [-0.4, -0.2) is 31.4 Å². The summed E-state index contributed by atoms with van der Waals surface area (Å²) in [6.45, 7) is 5.98. The molecule has 4 rings (SSSR count). The number of thiophene rings is 1. The Morgan fingerprint density at radius 3 is 2.96 bits per heavy atom. The molecule has 0 aliphatic carbocycles. The van der Waals surface area contributed by atoms with Crippen molar-refractivity contribution in [3.63, 3.8) is 0 Å². The highest BCUT2D eigenvalue weighted by atomic mass is 32.1. The minimum atomic E-state index is 0.384. The van der Waals surface area contributed by atoms with Crippen LogP contribution in [0.4, 0.5) is 0 Å². The van der Waals surface area contributed by atoms with E-state index in [4.69, 9.17) is 4.52 Å². The lowest BCUT2D eigenvalue weighted by molar-refractivity contribution is 0.211. The number of aryl methyl sites for hydroxylation is 2. The van der Waals surface area contributed by atoms with Crippen molar-refractivity contribution in [2.24, 2.45) is 7.05 Å². The molecule has 0 radical (unpaired) electrons. The third-order valence-corrected chi connectivity index (χ3v) is 5.53. The van der Waals surface area contributed by atoms with E-state index < -0.39 is 0 Å². The molecule has 1 aliphatic rings. The van der Waals surface area contributed by atoms with Crippen LogP contribution in [0.5, 0.6) is 0 Å². The molecule has 0 aromatic carbocycles. The first kappa shape index (κ1) is 15.5. The standard InChI is InChI=1S/C17H21N5OS/c1-11-16(12(2)21(3)19-11)14-5-4-7-22(14)9-15-18-17(20-23-15)13-6-8-24-10-13/h6,8,10,14H,4-5,7,9H2,1-3H3/t14-/m1/s1. The third kappa shape index (κ3) is 2.67. The average Bonchev–Trinajstić information content (AvgIpc) is 3.30. The molecule has 3 aromatic heterocycles. The van der Waals surface area contributed by atoms with Gasteiger partial charge in [0.15, 0.2) is 0 Å². The fourth-order valence-electron chi connectivity index (χ4n) is 3.62. The largest absolute Gasteiger partial charge is 0.338 e. The number of hydrogen-bond acceptors (Lipinski definition) is 6. The van der Waals surface area contributed by atoms with Gasteiger partial charge in [-0.3, -0.25) is 9.58 Å². The highest BCUT2D eigenvalue weighted by molar-refractivity contribution is 7.08. The summed E-state index contributed by atoms with van der Waals surface area (Å²) in [5, 5.41) is 12.8. The van der Waals surface area contributed by atoms with Crippen molar-refractivity contribution in [3.8, 4) is 11.4 Å². The first-order chi connectivity index (χ1) is 11.6. The monoisotopic (exact) mass is 343 g/mol. The summed E-state index contributed by atoms with van der Waals surface area (Å²) in [7, 11) is 2.01. The molecular weight excluding hydrogens is 322 g/mol. The van der Waals surface area contributed by atoms with Crippen LogP contribution in [0.3, 0.4) is 0 Å². The van der Waals surface area contributed by atoms with Gasteiger partial charge in [-0.05, 0) is 44.7 Å². The molecule has 1 aliphatic heterocycles. The van der Waals surface area contributed by atoms with Crippen LogP contribution in [0, 0.1) is 13.8 Å². The Balaban J connectivity index is 1.56. The molecule has 0 unspecified atom stereocenters. The van der Waals surface area contributed by atoms with Crippen LogP contribution in [0.2, 0.25) is 0 Å². The van der Waals surface area contributed by atoms with Gasteiger partial charge in [-0.1, -0.05) is 5.16 Å². The van der Waals surface area contributed by atoms with Crippen molar-refractivity contribution in [1.29, 1.82) is 0 Å². The topological polar surface area (TPSA) is 60.0 Å². The fraction of sp³-hybridized carbons (Fsp3) is 0.471. The lowest BCUT2D eigenvalue weighted by Gasteiger charge is -2.23. The first-order valence-electron chi connectivity index (χ1n) is 8.23. The van der Waals surface area contributed by atoms with E-state index in [1.54, 1.807) is 11.3 Å². The second-order valence-electron chi connectivity index (χ2n) is 6.36. The Bertz CT molecular complexity index is 835. The van der Waals surface area contributed by atoms with E-state index in [-0.39, 0.29) is 0 Å². The van der Waals surface area contributed by atoms with Crippen molar-refractivity contribution in [2.45, 2.75) is 39.3 Å². The maximum absolute atomic E-state index is 5.48. The van der Waals surface area contributed by atoms with Crippen molar-refractivity contribution in [2.75, 3.05) is 6.54 Å². The Kier molecular flexibility index (Phi) is 3.97. The average molecular weight is 343 g/mol. The van der Waals surface area contributed by atoms with Crippen molar-refractivity contribution in [3.05, 3.63) is 39.7 Å². The van der Waals surface area contributed by atoms with Crippen LogP contribution < -0.4 is 0 Å². The number of rotatable bonds is 4. The quantitative estimate of drug-likeness (QED) is 0.726. The SMILES string of the molecule is Cc1nn(C)c(C)c1[C@H]1CCCN1Cc1nc(-c2ccsc2)no1. The smallest absolute Gasteiger partial charge is 0.241 e. The molecule has 126 valence electrons. The van der Waals surface area contributed by atoms with E-state index in [0.29, 0.717) is 24.3 Å². The minimum absolute atomic E-state index is 0.384. The highest BCUT2D eigenvalue weighted by Crippen LogP contribution is 2.36. The molecule has 24 heavy (non-hydrogen) atoms. The van der Waals surface area contributed by atoms with Crippen molar-refractivity contribution >= 4 is 11.3 Å². The molecule has 0 bridgehead atoms. The molecule has 1 fully saturated rings. The minimum Gasteiger partial charge on any atom is -0.338 e. The summed E-state index contributed by atoms with van der Waals surface area (Å²) in [6.07, 6.45) is 2.34. The Hall–Kier alpha value is -1.99. The van der Waals surface area contributed by atoms with Crippen LogP contribution >= 0.6 is 11.3 Å². The van der Waals surface area contributed by atoms with Gasteiger partial charge < -0.3 is 4.52 Å². The summed E-state index contributed by atoms with van der Waals surface area (Å²) in [4.78, 5) is 6.99. The van der Waals surface area contributed by atoms with Crippen LogP contribution in [-0.2, 0) is 13.6 Å². The lowest BCUT2D eigenvalue weighted by atomic mass is 10.0. The van der Waals surface area contributed by atoms with Gasteiger partial charge in [-0.25, -0.2) is 0 Å². The van der Waals surface area contributed by atoms with Gasteiger partial charge in [0.1, 0.15) is 0 Å². The van der Waals surface area contributed by atoms with E-state index >= 15 is 0 Å². The first-order valence-corrected chi connectivity index (χ1v) is 9.17. The summed E-state index contributed by atoms with van der Waals surface area (Å²) in [5.41, 5.74) is 4.74. The van der Waals surface area contributed by atoms with Crippen LogP contribution in [0.1, 0.15) is 41.7 Å². The number of aromatic nitrogens is 4. The molecule has 7 heteroatoms. The van der Waals surface area contributed by atoms with Crippen molar-refractivity contribution < 1.29 is 4.52 Å². The van der Waals surface area contributed by atoms with Gasteiger partial charge in [0.05, 0.1) is 12.2 Å². The molecule has 4 heterocycles. The van der Waals surface area contributed by atoms with Gasteiger partial charge in [0.2, 0.25) is 11.7 Å². The Morgan fingerprint density at radius 1 is 1.38 bits per heavy atom. The molecule has 0 amide bonds. The maximum atomic E-state index is 5.48. The molecule has 0 N–H and O–H groups in total. The lowest BCUT2D eigenvalue weighted by Crippen LogP contribution is -2.23. The zero-order valence-corrected chi connectivity index (χ0v) is 15.0. The fourth-order valence-corrected chi connectivity index (χ4v) is 4.25. The molecule has 6 nitrogen and oxygen atoms in total. The number of likely N-dealkylation sites (tertiary alicyclic amines) is 1. The van der Waals surface area contributed by atoms with E-state index in [1.807, 2.05) is 28.6 Å². The Morgan fingerprint density at radius 2 is 2.25 bits per heavy atom. The zero-order valence-electron chi connectivity index (χ0n) is 14.2. The summed E-state index contributed by atoms with van der Waals surface area (Å²) in [5.74, 6) is 1.36. The van der Waals surface area contributed by atoms with Crippen LogP contribution in [0.25, 0.3) is 11.4 Å². The van der Waals surface area contributed by atoms with Gasteiger partial charge in [-0.15, -0.1) is 0 Å². The second kappa shape index (κ2) is 6.14. The predicted molar refractivity (Wildman–Crippen MR) is 92.7 cm³/mol. The van der Waals surface area contributed by atoms with Crippen LogP contribution in [0.15, 0.2) is 21.3 Å². The van der Waals surface area contributed by atoms with E-state index in [1.165, 1.54) is 17.7 Å². The number of nitrogens with zero attached hydrogens (tertiary/aromatic N) is 5. The maximum Gasteiger partial charge on any atom is 0.241 e. The second-order valence-corrected chi connectivity index (χ2v) is 7.14. The summed E-state index contributed by atoms with van der Waals surface area (Å²) in [6, 6.07) is 2.40. The molecule has 0 saturated carbocycles. The molecule has 1 saturated heterocycles. The van der Waals surface area contributed by atoms with Gasteiger partial charge >= 0.3 is 0 Å². The summed E-state index contributed by atoms with van der Waals surface area (Å²) < 4.78 is 7.46. The van der Waals surface area contributed by atoms with E-state index in [9.17, 15) is 0 Å². The van der Waals surface area contributed by atoms with E-state index in [0.717, 1.165) is 24.2 Å². The zero-order chi connectivity index (χ0) is 16.7. The van der Waals surface area contributed by atoms with E-state index in [2.05, 4.69) is 34.0 Å².